The quantitative estimate of drug-likeness (QED) is 0.701. The molecule has 156 valence electrons. The average Bonchev–Trinajstić information content (AvgIpc) is 2.70. The molecule has 1 saturated carbocycles. The lowest BCUT2D eigenvalue weighted by Gasteiger charge is -2.33. The number of nitrogens with one attached hydrogen (secondary N) is 1. The molecular weight excluding hydrogens is 408 g/mol. The normalized spacial score (nSPS) is 15.4. The molecule has 7 heteroatoms. The molecule has 0 spiro atoms. The standard InChI is InChI=1S/C22H27ClN2O3S/c1-16-7-6-8-17(2)22(16)24-21(26)15-25(19-9-4-3-5-10-19)29(27,28)20-13-11-18(23)12-14-20/h6-8,11-14,19H,3-5,9-10,15H2,1-2H3,(H,24,26). The second kappa shape index (κ2) is 9.28. The largest absolute Gasteiger partial charge is 0.324 e. The summed E-state index contributed by atoms with van der Waals surface area (Å²) in [4.78, 5) is 13.0. The molecule has 0 heterocycles. The van der Waals surface area contributed by atoms with Crippen LogP contribution in [0.5, 0.6) is 0 Å². The lowest BCUT2D eigenvalue weighted by atomic mass is 9.95. The van der Waals surface area contributed by atoms with E-state index in [9.17, 15) is 13.2 Å². The van der Waals surface area contributed by atoms with Crippen molar-refractivity contribution in [1.82, 2.24) is 4.31 Å². The van der Waals surface area contributed by atoms with Crippen molar-refractivity contribution in [3.8, 4) is 0 Å². The Hall–Kier alpha value is -1.89. The summed E-state index contributed by atoms with van der Waals surface area (Å²) < 4.78 is 28.1. The lowest BCUT2D eigenvalue weighted by molar-refractivity contribution is -0.116. The summed E-state index contributed by atoms with van der Waals surface area (Å²) in [6.07, 6.45) is 4.57. The van der Waals surface area contributed by atoms with Crippen LogP contribution in [0.2, 0.25) is 5.02 Å². The Bertz CT molecular complexity index is 948. The molecule has 1 N–H and O–H groups in total. The fourth-order valence-electron chi connectivity index (χ4n) is 3.85. The van der Waals surface area contributed by atoms with Crippen molar-refractivity contribution in [2.45, 2.75) is 56.9 Å². The van der Waals surface area contributed by atoms with Gasteiger partial charge in [-0.1, -0.05) is 49.1 Å². The molecule has 0 saturated heterocycles. The fourth-order valence-corrected chi connectivity index (χ4v) is 5.62. The van der Waals surface area contributed by atoms with E-state index in [1.807, 2.05) is 32.0 Å². The molecule has 0 atom stereocenters. The predicted molar refractivity (Wildman–Crippen MR) is 117 cm³/mol. The highest BCUT2D eigenvalue weighted by Crippen LogP contribution is 2.29. The molecule has 0 unspecified atom stereocenters. The summed E-state index contributed by atoms with van der Waals surface area (Å²) >= 11 is 5.92. The lowest BCUT2D eigenvalue weighted by Crippen LogP contribution is -2.45. The van der Waals surface area contributed by atoms with E-state index < -0.39 is 10.0 Å². The van der Waals surface area contributed by atoms with E-state index in [2.05, 4.69) is 5.32 Å². The van der Waals surface area contributed by atoms with Crippen LogP contribution in [0.1, 0.15) is 43.2 Å². The van der Waals surface area contributed by atoms with Gasteiger partial charge in [0.1, 0.15) is 0 Å². The molecule has 2 aromatic carbocycles. The van der Waals surface area contributed by atoms with Crippen LogP contribution in [0, 0.1) is 13.8 Å². The Labute approximate surface area is 178 Å². The topological polar surface area (TPSA) is 66.5 Å². The van der Waals surface area contributed by atoms with Gasteiger partial charge in [-0.15, -0.1) is 0 Å². The molecule has 0 radical (unpaired) electrons. The fraction of sp³-hybridized carbons (Fsp3) is 0.409. The van der Waals surface area contributed by atoms with Gasteiger partial charge in [0.05, 0.1) is 11.4 Å². The predicted octanol–water partition coefficient (Wildman–Crippen LogP) is 4.92. The number of hydrogen-bond acceptors (Lipinski definition) is 3. The number of carbonyl (C=O) groups excluding carboxylic acids is 1. The summed E-state index contributed by atoms with van der Waals surface area (Å²) in [6, 6.07) is 11.7. The molecule has 0 bridgehead atoms. The molecule has 1 amide bonds. The Morgan fingerprint density at radius 2 is 1.62 bits per heavy atom. The van der Waals surface area contributed by atoms with E-state index >= 15 is 0 Å². The van der Waals surface area contributed by atoms with Crippen LogP contribution in [-0.2, 0) is 14.8 Å². The Kier molecular flexibility index (Phi) is 6.98. The van der Waals surface area contributed by atoms with Gasteiger partial charge in [0, 0.05) is 16.8 Å². The molecule has 2 aromatic rings. The number of benzene rings is 2. The molecule has 3 rings (SSSR count). The molecule has 5 nitrogen and oxygen atoms in total. The summed E-state index contributed by atoms with van der Waals surface area (Å²) in [7, 11) is -3.81. The van der Waals surface area contributed by atoms with Gasteiger partial charge in [-0.2, -0.15) is 4.31 Å². The minimum absolute atomic E-state index is 0.160. The highest BCUT2D eigenvalue weighted by atomic mass is 35.5. The van der Waals surface area contributed by atoms with Crippen molar-refractivity contribution in [3.63, 3.8) is 0 Å². The summed E-state index contributed by atoms with van der Waals surface area (Å²) in [5.41, 5.74) is 2.64. The van der Waals surface area contributed by atoms with Gasteiger partial charge in [0.15, 0.2) is 0 Å². The minimum Gasteiger partial charge on any atom is -0.324 e. The maximum atomic E-state index is 13.4. The molecule has 1 aliphatic rings. The van der Waals surface area contributed by atoms with Gasteiger partial charge in [-0.25, -0.2) is 8.42 Å². The third kappa shape index (κ3) is 5.18. The number of rotatable bonds is 6. The van der Waals surface area contributed by atoms with Crippen LogP contribution >= 0.6 is 11.6 Å². The number of para-hydroxylation sites is 1. The van der Waals surface area contributed by atoms with Crippen LogP contribution in [0.3, 0.4) is 0 Å². The number of sulfonamides is 1. The van der Waals surface area contributed by atoms with E-state index in [0.717, 1.165) is 48.9 Å². The first kappa shape index (κ1) is 21.8. The Balaban J connectivity index is 1.87. The van der Waals surface area contributed by atoms with Crippen LogP contribution in [0.4, 0.5) is 5.69 Å². The van der Waals surface area contributed by atoms with E-state index in [1.54, 1.807) is 12.1 Å². The third-order valence-corrected chi connectivity index (χ3v) is 7.61. The van der Waals surface area contributed by atoms with E-state index in [0.29, 0.717) is 5.02 Å². The molecule has 1 aliphatic carbocycles. The van der Waals surface area contributed by atoms with Crippen molar-refractivity contribution in [2.75, 3.05) is 11.9 Å². The number of carbonyl (C=O) groups is 1. The SMILES string of the molecule is Cc1cccc(C)c1NC(=O)CN(C1CCCCC1)S(=O)(=O)c1ccc(Cl)cc1. The summed E-state index contributed by atoms with van der Waals surface area (Å²) in [5.74, 6) is -0.328. The highest BCUT2D eigenvalue weighted by molar-refractivity contribution is 7.89. The first-order valence-corrected chi connectivity index (χ1v) is 11.7. The number of aryl methyl sites for hydroxylation is 2. The van der Waals surface area contributed by atoms with Crippen molar-refractivity contribution < 1.29 is 13.2 Å². The van der Waals surface area contributed by atoms with Crippen LogP contribution in [0.25, 0.3) is 0 Å². The second-order valence-electron chi connectivity index (χ2n) is 7.61. The molecule has 29 heavy (non-hydrogen) atoms. The number of nitrogens with zero attached hydrogens (tertiary/aromatic N) is 1. The van der Waals surface area contributed by atoms with Crippen LogP contribution < -0.4 is 5.32 Å². The number of anilines is 1. The third-order valence-electron chi connectivity index (χ3n) is 5.45. The average molecular weight is 435 g/mol. The van der Waals surface area contributed by atoms with Gasteiger partial charge < -0.3 is 5.32 Å². The van der Waals surface area contributed by atoms with Crippen LogP contribution in [0.15, 0.2) is 47.4 Å². The van der Waals surface area contributed by atoms with Crippen molar-refractivity contribution >= 4 is 33.2 Å². The zero-order valence-corrected chi connectivity index (χ0v) is 18.4. The molecule has 1 fully saturated rings. The van der Waals surface area contributed by atoms with E-state index in [4.69, 9.17) is 11.6 Å². The first-order chi connectivity index (χ1) is 13.8. The van der Waals surface area contributed by atoms with Crippen molar-refractivity contribution in [2.24, 2.45) is 0 Å². The van der Waals surface area contributed by atoms with Crippen LogP contribution in [-0.4, -0.2) is 31.2 Å². The smallest absolute Gasteiger partial charge is 0.243 e. The monoisotopic (exact) mass is 434 g/mol. The Morgan fingerprint density at radius 1 is 1.03 bits per heavy atom. The number of amides is 1. The Morgan fingerprint density at radius 3 is 2.21 bits per heavy atom. The van der Waals surface area contributed by atoms with Gasteiger partial charge in [-0.3, -0.25) is 4.79 Å². The molecular formula is C22H27ClN2O3S. The first-order valence-electron chi connectivity index (χ1n) is 9.92. The van der Waals surface area contributed by atoms with Gasteiger partial charge >= 0.3 is 0 Å². The maximum absolute atomic E-state index is 13.4. The second-order valence-corrected chi connectivity index (χ2v) is 9.94. The number of halogens is 1. The highest BCUT2D eigenvalue weighted by Gasteiger charge is 2.34. The molecule has 0 aliphatic heterocycles. The zero-order chi connectivity index (χ0) is 21.0. The maximum Gasteiger partial charge on any atom is 0.243 e. The van der Waals surface area contributed by atoms with Gasteiger partial charge in [0.2, 0.25) is 15.9 Å². The van der Waals surface area contributed by atoms with Gasteiger partial charge in [-0.05, 0) is 62.1 Å². The number of hydrogen-bond donors (Lipinski definition) is 1. The van der Waals surface area contributed by atoms with Gasteiger partial charge in [0.25, 0.3) is 0 Å². The molecule has 0 aromatic heterocycles. The van der Waals surface area contributed by atoms with Crippen molar-refractivity contribution in [1.29, 1.82) is 0 Å². The summed E-state index contributed by atoms with van der Waals surface area (Å²) in [5, 5.41) is 3.39. The summed E-state index contributed by atoms with van der Waals surface area (Å²) in [6.45, 7) is 3.64. The van der Waals surface area contributed by atoms with E-state index in [1.165, 1.54) is 16.4 Å². The zero-order valence-electron chi connectivity index (χ0n) is 16.8. The van der Waals surface area contributed by atoms with E-state index in [-0.39, 0.29) is 23.4 Å². The van der Waals surface area contributed by atoms with Crippen molar-refractivity contribution in [3.05, 3.63) is 58.6 Å². The minimum atomic E-state index is -3.81.